The van der Waals surface area contributed by atoms with Crippen LogP contribution in [0.2, 0.25) is 0 Å². The molecular weight excluding hydrogens is 504 g/mol. The molecule has 1 aliphatic heterocycles. The summed E-state index contributed by atoms with van der Waals surface area (Å²) in [6.45, 7) is 3.78. The molecule has 1 atom stereocenters. The van der Waals surface area contributed by atoms with Gasteiger partial charge in [0, 0.05) is 6.08 Å². The molecule has 2 aromatic heterocycles. The van der Waals surface area contributed by atoms with Gasteiger partial charge in [0.25, 0.3) is 5.56 Å². The molecular formula is C25H19BrN2O4S. The molecule has 8 heteroatoms. The molecule has 0 N–H and O–H groups in total. The number of aromatic nitrogens is 1. The molecule has 0 saturated carbocycles. The maximum absolute atomic E-state index is 13.6. The number of thiazole rings is 1. The number of allylic oxidation sites excluding steroid dienone is 1. The van der Waals surface area contributed by atoms with E-state index < -0.39 is 12.0 Å². The molecule has 2 aromatic carbocycles. The average molecular weight is 523 g/mol. The monoisotopic (exact) mass is 522 g/mol. The quantitative estimate of drug-likeness (QED) is 0.374. The van der Waals surface area contributed by atoms with E-state index in [2.05, 4.69) is 20.9 Å². The Balaban J connectivity index is 1.81. The molecule has 5 rings (SSSR count). The maximum atomic E-state index is 13.6. The number of carbonyl (C=O) groups excluding carboxylic acids is 1. The van der Waals surface area contributed by atoms with Crippen molar-refractivity contribution in [2.45, 2.75) is 19.9 Å². The van der Waals surface area contributed by atoms with Crippen molar-refractivity contribution in [3.63, 3.8) is 0 Å². The van der Waals surface area contributed by atoms with Crippen molar-refractivity contribution in [1.82, 2.24) is 4.57 Å². The van der Waals surface area contributed by atoms with Crippen molar-refractivity contribution in [2.24, 2.45) is 4.99 Å². The lowest BCUT2D eigenvalue weighted by Crippen LogP contribution is -2.40. The lowest BCUT2D eigenvalue weighted by molar-refractivity contribution is -0.139. The minimum Gasteiger partial charge on any atom is -0.463 e. The summed E-state index contributed by atoms with van der Waals surface area (Å²) < 4.78 is 13.6. The summed E-state index contributed by atoms with van der Waals surface area (Å²) in [5, 5.41) is 1.99. The van der Waals surface area contributed by atoms with Gasteiger partial charge in [0.15, 0.2) is 9.47 Å². The fraction of sp³-hybridized carbons (Fsp3) is 0.160. The van der Waals surface area contributed by atoms with Gasteiger partial charge in [0.1, 0.15) is 5.76 Å². The Labute approximate surface area is 201 Å². The third-order valence-corrected chi connectivity index (χ3v) is 6.91. The smallest absolute Gasteiger partial charge is 0.338 e. The van der Waals surface area contributed by atoms with Crippen LogP contribution in [0.4, 0.5) is 0 Å². The van der Waals surface area contributed by atoms with E-state index in [-0.39, 0.29) is 12.2 Å². The maximum Gasteiger partial charge on any atom is 0.338 e. The zero-order chi connectivity index (χ0) is 23.1. The van der Waals surface area contributed by atoms with Crippen LogP contribution in [-0.2, 0) is 9.53 Å². The Hall–Kier alpha value is -3.23. The number of rotatable bonds is 4. The highest BCUT2D eigenvalue weighted by atomic mass is 79.9. The second-order valence-electron chi connectivity index (χ2n) is 7.51. The highest BCUT2D eigenvalue weighted by Crippen LogP contribution is 2.34. The van der Waals surface area contributed by atoms with E-state index in [1.165, 1.54) is 11.3 Å². The summed E-state index contributed by atoms with van der Waals surface area (Å²) >= 11 is 4.55. The fourth-order valence-electron chi connectivity index (χ4n) is 4.11. The van der Waals surface area contributed by atoms with E-state index in [1.54, 1.807) is 36.6 Å². The number of hydrogen-bond acceptors (Lipinski definition) is 6. The normalized spacial score (nSPS) is 16.1. The Morgan fingerprint density at radius 1 is 1.21 bits per heavy atom. The molecule has 0 aliphatic carbocycles. The van der Waals surface area contributed by atoms with Gasteiger partial charge in [0.05, 0.1) is 28.5 Å². The molecule has 0 fully saturated rings. The molecule has 3 heterocycles. The van der Waals surface area contributed by atoms with Gasteiger partial charge in [-0.1, -0.05) is 53.8 Å². The molecule has 33 heavy (non-hydrogen) atoms. The molecule has 0 amide bonds. The summed E-state index contributed by atoms with van der Waals surface area (Å²) in [6, 6.07) is 16.7. The number of benzene rings is 2. The van der Waals surface area contributed by atoms with E-state index in [9.17, 15) is 9.59 Å². The number of hydrogen-bond donors (Lipinski definition) is 0. The van der Waals surface area contributed by atoms with Crippen molar-refractivity contribution >= 4 is 50.1 Å². The van der Waals surface area contributed by atoms with Crippen molar-refractivity contribution in [1.29, 1.82) is 0 Å². The van der Waals surface area contributed by atoms with Crippen LogP contribution in [0.3, 0.4) is 0 Å². The number of carbonyl (C=O) groups is 1. The van der Waals surface area contributed by atoms with Gasteiger partial charge in [-0.25, -0.2) is 9.79 Å². The number of fused-ring (bicyclic) bond motifs is 2. The van der Waals surface area contributed by atoms with Gasteiger partial charge in [-0.05, 0) is 58.2 Å². The predicted octanol–water partition coefficient (Wildman–Crippen LogP) is 4.31. The number of ether oxygens (including phenoxy) is 1. The SMILES string of the molecule is CCOC(=O)C1=C(C)N=c2s/c(=C\c3ccc(Br)o3)c(=O)n2[C@@H]1c1cccc2ccccc12. The Kier molecular flexibility index (Phi) is 5.64. The van der Waals surface area contributed by atoms with Crippen LogP contribution in [0.5, 0.6) is 0 Å². The minimum atomic E-state index is -0.656. The zero-order valence-electron chi connectivity index (χ0n) is 17.9. The number of furan rings is 1. The predicted molar refractivity (Wildman–Crippen MR) is 131 cm³/mol. The molecule has 0 saturated heterocycles. The van der Waals surface area contributed by atoms with Crippen molar-refractivity contribution in [3.8, 4) is 0 Å². The van der Waals surface area contributed by atoms with Crippen LogP contribution in [0.15, 0.2) is 84.7 Å². The van der Waals surface area contributed by atoms with Gasteiger partial charge in [-0.2, -0.15) is 0 Å². The Morgan fingerprint density at radius 2 is 2.00 bits per heavy atom. The standard InChI is InChI=1S/C25H19BrN2O4S/c1-3-31-24(30)21-14(2)27-25-28(23(29)19(33-25)13-16-11-12-20(26)32-16)22(21)18-10-6-8-15-7-4-5-9-17(15)18/h4-13,22H,3H2,1-2H3/b19-13-/t22-/m1/s1. The topological polar surface area (TPSA) is 73.8 Å². The first-order valence-corrected chi connectivity index (χ1v) is 12.0. The molecule has 0 spiro atoms. The Morgan fingerprint density at radius 3 is 2.76 bits per heavy atom. The van der Waals surface area contributed by atoms with E-state index in [0.29, 0.717) is 31.0 Å². The molecule has 1 aliphatic rings. The first-order chi connectivity index (χ1) is 16.0. The lowest BCUT2D eigenvalue weighted by Gasteiger charge is -2.25. The number of esters is 1. The highest BCUT2D eigenvalue weighted by Gasteiger charge is 2.34. The Bertz CT molecular complexity index is 1600. The largest absolute Gasteiger partial charge is 0.463 e. The van der Waals surface area contributed by atoms with Gasteiger partial charge in [-0.3, -0.25) is 9.36 Å². The molecule has 0 radical (unpaired) electrons. The van der Waals surface area contributed by atoms with E-state index >= 15 is 0 Å². The van der Waals surface area contributed by atoms with Crippen LogP contribution < -0.4 is 14.9 Å². The first kappa shape index (κ1) is 21.6. The molecule has 6 nitrogen and oxygen atoms in total. The van der Waals surface area contributed by atoms with Crippen LogP contribution in [-0.4, -0.2) is 17.1 Å². The van der Waals surface area contributed by atoms with E-state index in [4.69, 9.17) is 9.15 Å². The number of halogens is 1. The van der Waals surface area contributed by atoms with Gasteiger partial charge >= 0.3 is 5.97 Å². The van der Waals surface area contributed by atoms with Gasteiger partial charge in [0.2, 0.25) is 0 Å². The van der Waals surface area contributed by atoms with Crippen LogP contribution in [0.25, 0.3) is 16.8 Å². The summed E-state index contributed by atoms with van der Waals surface area (Å²) in [7, 11) is 0. The summed E-state index contributed by atoms with van der Waals surface area (Å²) in [6.07, 6.45) is 1.69. The number of nitrogens with zero attached hydrogens (tertiary/aromatic N) is 2. The molecule has 166 valence electrons. The summed E-state index contributed by atoms with van der Waals surface area (Å²) in [5.41, 5.74) is 1.52. The van der Waals surface area contributed by atoms with Gasteiger partial charge in [-0.15, -0.1) is 0 Å². The average Bonchev–Trinajstić information content (AvgIpc) is 3.35. The van der Waals surface area contributed by atoms with Crippen LogP contribution >= 0.6 is 27.3 Å². The van der Waals surface area contributed by atoms with Crippen molar-refractivity contribution < 1.29 is 13.9 Å². The second-order valence-corrected chi connectivity index (χ2v) is 9.30. The van der Waals surface area contributed by atoms with Crippen molar-refractivity contribution in [3.05, 3.63) is 102 Å². The third kappa shape index (κ3) is 3.79. The third-order valence-electron chi connectivity index (χ3n) is 5.50. The highest BCUT2D eigenvalue weighted by molar-refractivity contribution is 9.10. The molecule has 0 bridgehead atoms. The fourth-order valence-corrected chi connectivity index (χ4v) is 5.46. The van der Waals surface area contributed by atoms with Crippen LogP contribution in [0, 0.1) is 0 Å². The van der Waals surface area contributed by atoms with E-state index in [0.717, 1.165) is 16.3 Å². The van der Waals surface area contributed by atoms with Crippen LogP contribution in [0.1, 0.15) is 31.2 Å². The molecule has 0 unspecified atom stereocenters. The summed E-state index contributed by atoms with van der Waals surface area (Å²) in [4.78, 5) is 31.8. The lowest BCUT2D eigenvalue weighted by atomic mass is 9.91. The first-order valence-electron chi connectivity index (χ1n) is 10.4. The van der Waals surface area contributed by atoms with Crippen molar-refractivity contribution in [2.75, 3.05) is 6.61 Å². The zero-order valence-corrected chi connectivity index (χ0v) is 20.3. The molecule has 4 aromatic rings. The minimum absolute atomic E-state index is 0.232. The second kappa shape index (κ2) is 8.61. The van der Waals surface area contributed by atoms with E-state index in [1.807, 2.05) is 42.5 Å². The summed E-state index contributed by atoms with van der Waals surface area (Å²) in [5.74, 6) is 0.0797. The van der Waals surface area contributed by atoms with Gasteiger partial charge < -0.3 is 9.15 Å².